The minimum absolute atomic E-state index is 0.0333. The monoisotopic (exact) mass is 360 g/mol. The molecule has 1 heterocycles. The van der Waals surface area contributed by atoms with E-state index in [-0.39, 0.29) is 5.91 Å². The van der Waals surface area contributed by atoms with Gasteiger partial charge in [-0.1, -0.05) is 27.3 Å². The number of carbonyl (C=O) groups excluding carboxylic acids is 1. The SMILES string of the molecule is Cc1cc(Br)c(C)c2sc(NC(=O)CCCCl)nc12. The summed E-state index contributed by atoms with van der Waals surface area (Å²) in [6, 6.07) is 2.05. The van der Waals surface area contributed by atoms with Gasteiger partial charge in [0.15, 0.2) is 5.13 Å². The topological polar surface area (TPSA) is 42.0 Å². The Hall–Kier alpha value is -0.650. The number of halogens is 2. The van der Waals surface area contributed by atoms with Crippen molar-refractivity contribution in [1.29, 1.82) is 0 Å². The molecule has 1 amide bonds. The zero-order valence-electron chi connectivity index (χ0n) is 10.7. The first kappa shape index (κ1) is 14.8. The Balaban J connectivity index is 2.29. The number of nitrogens with one attached hydrogen (secondary N) is 1. The molecule has 1 aromatic carbocycles. The third-order valence-corrected chi connectivity index (χ3v) is 5.01. The average molecular weight is 362 g/mol. The summed E-state index contributed by atoms with van der Waals surface area (Å²) in [6.45, 7) is 4.06. The van der Waals surface area contributed by atoms with E-state index in [0.717, 1.165) is 25.8 Å². The fourth-order valence-corrected chi connectivity index (χ4v) is 3.65. The quantitative estimate of drug-likeness (QED) is 0.806. The van der Waals surface area contributed by atoms with E-state index in [1.807, 2.05) is 13.8 Å². The van der Waals surface area contributed by atoms with Crippen LogP contribution >= 0.6 is 38.9 Å². The van der Waals surface area contributed by atoms with E-state index in [1.54, 1.807) is 0 Å². The third-order valence-electron chi connectivity index (χ3n) is 2.83. The summed E-state index contributed by atoms with van der Waals surface area (Å²) in [7, 11) is 0. The summed E-state index contributed by atoms with van der Waals surface area (Å²) in [5.74, 6) is 0.465. The maximum Gasteiger partial charge on any atom is 0.226 e. The lowest BCUT2D eigenvalue weighted by atomic mass is 10.1. The average Bonchev–Trinajstić information content (AvgIpc) is 2.78. The van der Waals surface area contributed by atoms with E-state index in [1.165, 1.54) is 11.3 Å². The highest BCUT2D eigenvalue weighted by Crippen LogP contribution is 2.34. The number of hydrogen-bond donors (Lipinski definition) is 1. The molecule has 0 aliphatic heterocycles. The number of nitrogens with zero attached hydrogens (tertiary/aromatic N) is 1. The van der Waals surface area contributed by atoms with Crippen molar-refractivity contribution >= 4 is 60.1 Å². The van der Waals surface area contributed by atoms with E-state index in [9.17, 15) is 4.79 Å². The van der Waals surface area contributed by atoms with Gasteiger partial charge in [0.1, 0.15) is 0 Å². The maximum atomic E-state index is 11.7. The number of aryl methyl sites for hydroxylation is 2. The minimum atomic E-state index is -0.0333. The number of benzene rings is 1. The number of alkyl halides is 1. The molecule has 6 heteroatoms. The van der Waals surface area contributed by atoms with E-state index in [2.05, 4.69) is 32.3 Å². The van der Waals surface area contributed by atoms with Crippen molar-refractivity contribution in [3.8, 4) is 0 Å². The Kier molecular flexibility index (Phi) is 4.81. The van der Waals surface area contributed by atoms with Gasteiger partial charge in [0, 0.05) is 16.8 Å². The zero-order chi connectivity index (χ0) is 14.0. The molecule has 0 fully saturated rings. The van der Waals surface area contributed by atoms with Crippen molar-refractivity contribution in [3.05, 3.63) is 21.7 Å². The first-order valence-electron chi connectivity index (χ1n) is 5.95. The molecule has 0 unspecified atom stereocenters. The van der Waals surface area contributed by atoms with Gasteiger partial charge in [-0.15, -0.1) is 11.6 Å². The molecular weight excluding hydrogens is 348 g/mol. The van der Waals surface area contributed by atoms with E-state index in [4.69, 9.17) is 11.6 Å². The first-order chi connectivity index (χ1) is 9.02. The highest BCUT2D eigenvalue weighted by atomic mass is 79.9. The summed E-state index contributed by atoms with van der Waals surface area (Å²) in [6.07, 6.45) is 1.11. The normalized spacial score (nSPS) is 10.9. The molecule has 1 N–H and O–H groups in total. The number of amides is 1. The van der Waals surface area contributed by atoms with Crippen LogP contribution in [0.1, 0.15) is 24.0 Å². The molecule has 0 radical (unpaired) electrons. The lowest BCUT2D eigenvalue weighted by Crippen LogP contribution is -2.10. The zero-order valence-corrected chi connectivity index (χ0v) is 13.9. The lowest BCUT2D eigenvalue weighted by molar-refractivity contribution is -0.116. The molecule has 2 aromatic rings. The molecule has 2 rings (SSSR count). The second-order valence-electron chi connectivity index (χ2n) is 4.34. The van der Waals surface area contributed by atoms with Gasteiger partial charge in [-0.05, 0) is 37.5 Å². The molecular formula is C13H14BrClN2OS. The Morgan fingerprint density at radius 3 is 2.95 bits per heavy atom. The molecule has 0 bridgehead atoms. The van der Waals surface area contributed by atoms with Crippen molar-refractivity contribution in [3.63, 3.8) is 0 Å². The summed E-state index contributed by atoms with van der Waals surface area (Å²) in [5.41, 5.74) is 3.21. The number of thiazole rings is 1. The smallest absolute Gasteiger partial charge is 0.226 e. The van der Waals surface area contributed by atoms with E-state index in [0.29, 0.717) is 23.9 Å². The van der Waals surface area contributed by atoms with Crippen LogP contribution in [0.15, 0.2) is 10.5 Å². The molecule has 0 saturated carbocycles. The van der Waals surface area contributed by atoms with Crippen LogP contribution in [-0.2, 0) is 4.79 Å². The van der Waals surface area contributed by atoms with Gasteiger partial charge in [-0.3, -0.25) is 4.79 Å². The van der Waals surface area contributed by atoms with Crippen molar-refractivity contribution in [2.24, 2.45) is 0 Å². The minimum Gasteiger partial charge on any atom is -0.302 e. The van der Waals surface area contributed by atoms with Crippen molar-refractivity contribution in [2.45, 2.75) is 26.7 Å². The number of fused-ring (bicyclic) bond motifs is 1. The standard InChI is InChI=1S/C13H14BrClN2OS/c1-7-6-9(14)8(2)12-11(7)17-13(19-12)16-10(18)4-3-5-15/h6H,3-5H2,1-2H3,(H,16,17,18). The van der Waals surface area contributed by atoms with Gasteiger partial charge < -0.3 is 5.32 Å². The molecule has 0 spiro atoms. The van der Waals surface area contributed by atoms with E-state index >= 15 is 0 Å². The Morgan fingerprint density at radius 2 is 2.26 bits per heavy atom. The number of hydrogen-bond acceptors (Lipinski definition) is 3. The molecule has 19 heavy (non-hydrogen) atoms. The van der Waals surface area contributed by atoms with Crippen LogP contribution in [0.5, 0.6) is 0 Å². The fourth-order valence-electron chi connectivity index (χ4n) is 1.78. The predicted octanol–water partition coefficient (Wildman–Crippen LogP) is 4.63. The summed E-state index contributed by atoms with van der Waals surface area (Å²) in [5, 5.41) is 3.49. The van der Waals surface area contributed by atoms with Gasteiger partial charge in [-0.25, -0.2) is 4.98 Å². The second-order valence-corrected chi connectivity index (χ2v) is 6.57. The second kappa shape index (κ2) is 6.20. The summed E-state index contributed by atoms with van der Waals surface area (Å²) < 4.78 is 2.18. The van der Waals surface area contributed by atoms with Gasteiger partial charge in [0.25, 0.3) is 0 Å². The highest BCUT2D eigenvalue weighted by molar-refractivity contribution is 9.10. The van der Waals surface area contributed by atoms with Crippen molar-refractivity contribution in [1.82, 2.24) is 4.98 Å². The van der Waals surface area contributed by atoms with Crippen LogP contribution in [0.25, 0.3) is 10.2 Å². The molecule has 0 aliphatic carbocycles. The molecule has 0 atom stereocenters. The van der Waals surface area contributed by atoms with Crippen LogP contribution in [-0.4, -0.2) is 16.8 Å². The summed E-state index contributed by atoms with van der Waals surface area (Å²) in [4.78, 5) is 16.2. The highest BCUT2D eigenvalue weighted by Gasteiger charge is 2.12. The maximum absolute atomic E-state index is 11.7. The van der Waals surface area contributed by atoms with Gasteiger partial charge in [-0.2, -0.15) is 0 Å². The Bertz CT molecular complexity index is 627. The lowest BCUT2D eigenvalue weighted by Gasteiger charge is -2.01. The molecule has 102 valence electrons. The summed E-state index contributed by atoms with van der Waals surface area (Å²) >= 11 is 10.6. The third kappa shape index (κ3) is 3.27. The van der Waals surface area contributed by atoms with Crippen molar-refractivity contribution in [2.75, 3.05) is 11.2 Å². The number of anilines is 1. The van der Waals surface area contributed by atoms with Crippen LogP contribution in [0, 0.1) is 13.8 Å². The number of rotatable bonds is 4. The molecule has 0 saturated heterocycles. The van der Waals surface area contributed by atoms with Gasteiger partial charge in [0.2, 0.25) is 5.91 Å². The largest absolute Gasteiger partial charge is 0.302 e. The fraction of sp³-hybridized carbons (Fsp3) is 0.385. The van der Waals surface area contributed by atoms with Gasteiger partial charge in [0.05, 0.1) is 10.2 Å². The Labute approximate surface area is 129 Å². The first-order valence-corrected chi connectivity index (χ1v) is 8.09. The van der Waals surface area contributed by atoms with Crippen LogP contribution in [0.3, 0.4) is 0 Å². The molecule has 3 nitrogen and oxygen atoms in total. The Morgan fingerprint density at radius 1 is 1.53 bits per heavy atom. The van der Waals surface area contributed by atoms with Gasteiger partial charge >= 0.3 is 0 Å². The van der Waals surface area contributed by atoms with E-state index < -0.39 is 0 Å². The molecule has 0 aliphatic rings. The predicted molar refractivity (Wildman–Crippen MR) is 85.4 cm³/mol. The van der Waals surface area contributed by atoms with Crippen LogP contribution in [0.4, 0.5) is 5.13 Å². The number of carbonyl (C=O) groups is 1. The van der Waals surface area contributed by atoms with Crippen LogP contribution in [0.2, 0.25) is 0 Å². The number of aromatic nitrogens is 1. The molecule has 1 aromatic heterocycles. The van der Waals surface area contributed by atoms with Crippen molar-refractivity contribution < 1.29 is 4.79 Å². The van der Waals surface area contributed by atoms with Crippen LogP contribution < -0.4 is 5.32 Å².